The van der Waals surface area contributed by atoms with Crippen molar-refractivity contribution in [3.63, 3.8) is 0 Å². The lowest BCUT2D eigenvalue weighted by Gasteiger charge is -2.07. The summed E-state index contributed by atoms with van der Waals surface area (Å²) in [6.45, 7) is 1.92. The molecule has 1 aromatic carbocycles. The normalized spacial score (nSPS) is 10.2. The van der Waals surface area contributed by atoms with Crippen molar-refractivity contribution in [2.75, 3.05) is 5.32 Å². The first-order valence-corrected chi connectivity index (χ1v) is 7.97. The first-order chi connectivity index (χ1) is 12.0. The molecule has 3 rings (SSSR count). The molecule has 2 heterocycles. The number of carbonyl (C=O) groups is 2. The van der Waals surface area contributed by atoms with E-state index in [-0.39, 0.29) is 22.5 Å². The van der Waals surface area contributed by atoms with Gasteiger partial charge in [0.25, 0.3) is 5.91 Å². The Labute approximate surface area is 146 Å². The maximum Gasteiger partial charge on any atom is 0.337 e. The van der Waals surface area contributed by atoms with Crippen molar-refractivity contribution in [3.05, 3.63) is 58.1 Å². The van der Waals surface area contributed by atoms with Crippen molar-refractivity contribution in [2.45, 2.75) is 6.92 Å². The van der Waals surface area contributed by atoms with Crippen molar-refractivity contribution in [1.82, 2.24) is 5.16 Å². The number of hydrogen-bond donors (Lipinski definition) is 2. The number of nitrogens with zero attached hydrogens (tertiary/aromatic N) is 2. The number of rotatable bonds is 4. The summed E-state index contributed by atoms with van der Waals surface area (Å²) < 4.78 is 5.20. The fraction of sp³-hybridized carbons (Fsp3) is 0.0588. The number of aryl methyl sites for hydroxylation is 1. The number of carbonyl (C=O) groups excluding carboxylic acids is 1. The van der Waals surface area contributed by atoms with Crippen LogP contribution >= 0.6 is 11.3 Å². The number of nitrogens with one attached hydrogen (secondary N) is 1. The van der Waals surface area contributed by atoms with Gasteiger partial charge in [-0.2, -0.15) is 5.26 Å². The van der Waals surface area contributed by atoms with E-state index in [1.165, 1.54) is 35.6 Å². The van der Waals surface area contributed by atoms with Crippen molar-refractivity contribution in [3.8, 4) is 16.7 Å². The largest absolute Gasteiger partial charge is 0.478 e. The van der Waals surface area contributed by atoms with E-state index in [0.717, 1.165) is 10.4 Å². The van der Waals surface area contributed by atoms with Gasteiger partial charge < -0.3 is 14.9 Å². The zero-order valence-electron chi connectivity index (χ0n) is 12.9. The van der Waals surface area contributed by atoms with Gasteiger partial charge >= 0.3 is 5.97 Å². The van der Waals surface area contributed by atoms with Gasteiger partial charge in [0.15, 0.2) is 11.5 Å². The Hall–Kier alpha value is -3.44. The molecule has 0 aliphatic rings. The highest BCUT2D eigenvalue weighted by molar-refractivity contribution is 7.13. The Bertz CT molecular complexity index is 1010. The van der Waals surface area contributed by atoms with Gasteiger partial charge in [-0.05, 0) is 42.1 Å². The van der Waals surface area contributed by atoms with Gasteiger partial charge in [0.2, 0.25) is 0 Å². The summed E-state index contributed by atoms with van der Waals surface area (Å²) in [5, 5.41) is 26.2. The molecule has 25 heavy (non-hydrogen) atoms. The van der Waals surface area contributed by atoms with Crippen molar-refractivity contribution in [2.24, 2.45) is 0 Å². The molecular weight excluding hydrogens is 342 g/mol. The number of nitriles is 1. The number of carboxylic acids is 1. The number of hydrogen-bond acceptors (Lipinski definition) is 6. The van der Waals surface area contributed by atoms with Crippen LogP contribution in [-0.4, -0.2) is 22.1 Å². The Kier molecular flexibility index (Phi) is 4.33. The number of thiophene rings is 1. The van der Waals surface area contributed by atoms with Crippen molar-refractivity contribution in [1.29, 1.82) is 5.26 Å². The second kappa shape index (κ2) is 6.59. The molecule has 0 aliphatic carbocycles. The standard InChI is InChI=1S/C17H11N3O4S/c1-9-4-5-25-15(9)14-7-13(20-24-14)16(21)19-12-3-2-10(8-18)6-11(12)17(22)23/h2-7H,1H3,(H,19,21)(H,22,23). The summed E-state index contributed by atoms with van der Waals surface area (Å²) in [5.41, 5.74) is 1.13. The van der Waals surface area contributed by atoms with Crippen LogP contribution in [-0.2, 0) is 0 Å². The predicted molar refractivity (Wildman–Crippen MR) is 90.6 cm³/mol. The molecule has 0 bridgehead atoms. The van der Waals surface area contributed by atoms with Crippen LogP contribution in [0.15, 0.2) is 40.2 Å². The summed E-state index contributed by atoms with van der Waals surface area (Å²) in [7, 11) is 0. The van der Waals surface area contributed by atoms with Crippen LogP contribution in [0.5, 0.6) is 0 Å². The van der Waals surface area contributed by atoms with Gasteiger partial charge in [-0.15, -0.1) is 11.3 Å². The second-order valence-electron chi connectivity index (χ2n) is 5.14. The Morgan fingerprint density at radius 3 is 2.76 bits per heavy atom. The Morgan fingerprint density at radius 2 is 2.12 bits per heavy atom. The molecule has 0 fully saturated rings. The molecule has 8 heteroatoms. The molecule has 0 saturated carbocycles. The van der Waals surface area contributed by atoms with E-state index in [4.69, 9.17) is 9.78 Å². The van der Waals surface area contributed by atoms with Crippen molar-refractivity contribution >= 4 is 28.9 Å². The van der Waals surface area contributed by atoms with Crippen LogP contribution in [0.2, 0.25) is 0 Å². The quantitative estimate of drug-likeness (QED) is 0.741. The third kappa shape index (κ3) is 3.27. The molecule has 0 saturated heterocycles. The maximum atomic E-state index is 12.3. The topological polar surface area (TPSA) is 116 Å². The molecule has 124 valence electrons. The van der Waals surface area contributed by atoms with Crippen LogP contribution in [0.1, 0.15) is 32.0 Å². The fourth-order valence-electron chi connectivity index (χ4n) is 2.20. The maximum absolute atomic E-state index is 12.3. The molecule has 0 unspecified atom stereocenters. The van der Waals surface area contributed by atoms with Gasteiger partial charge in [0.05, 0.1) is 27.8 Å². The summed E-state index contributed by atoms with van der Waals surface area (Å²) in [6, 6.07) is 9.27. The number of benzene rings is 1. The minimum absolute atomic E-state index is 0.0310. The summed E-state index contributed by atoms with van der Waals surface area (Å²) in [5.74, 6) is -1.38. The van der Waals surface area contributed by atoms with E-state index in [1.807, 2.05) is 24.4 Å². The molecule has 2 N–H and O–H groups in total. The fourth-order valence-corrected chi connectivity index (χ4v) is 3.08. The minimum Gasteiger partial charge on any atom is -0.478 e. The zero-order chi connectivity index (χ0) is 18.0. The number of amides is 1. The highest BCUT2D eigenvalue weighted by atomic mass is 32.1. The van der Waals surface area contributed by atoms with Crippen LogP contribution in [0.25, 0.3) is 10.6 Å². The van der Waals surface area contributed by atoms with E-state index in [1.54, 1.807) is 0 Å². The van der Waals surface area contributed by atoms with Gasteiger partial charge in [-0.1, -0.05) is 5.16 Å². The van der Waals surface area contributed by atoms with Crippen LogP contribution < -0.4 is 5.32 Å². The number of anilines is 1. The molecule has 0 aliphatic heterocycles. The second-order valence-corrected chi connectivity index (χ2v) is 6.06. The highest BCUT2D eigenvalue weighted by Crippen LogP contribution is 2.29. The molecule has 7 nitrogen and oxygen atoms in total. The average molecular weight is 353 g/mol. The lowest BCUT2D eigenvalue weighted by atomic mass is 10.1. The van der Waals surface area contributed by atoms with E-state index in [9.17, 15) is 14.7 Å². The van der Waals surface area contributed by atoms with Crippen LogP contribution in [0.4, 0.5) is 5.69 Å². The lowest BCUT2D eigenvalue weighted by molar-refractivity contribution is 0.0698. The Balaban J connectivity index is 1.86. The summed E-state index contributed by atoms with van der Waals surface area (Å²) in [6.07, 6.45) is 0. The van der Waals surface area contributed by atoms with Crippen LogP contribution in [0, 0.1) is 18.3 Å². The third-order valence-electron chi connectivity index (χ3n) is 3.46. The molecule has 0 atom stereocenters. The number of carboxylic acid groups (broad SMARTS) is 1. The molecule has 3 aromatic rings. The molecular formula is C17H11N3O4S. The summed E-state index contributed by atoms with van der Waals surface area (Å²) in [4.78, 5) is 24.5. The van der Waals surface area contributed by atoms with E-state index < -0.39 is 11.9 Å². The van der Waals surface area contributed by atoms with Gasteiger partial charge in [-0.3, -0.25) is 4.79 Å². The highest BCUT2D eigenvalue weighted by Gasteiger charge is 2.18. The van der Waals surface area contributed by atoms with E-state index in [0.29, 0.717) is 5.76 Å². The van der Waals surface area contributed by atoms with E-state index in [2.05, 4.69) is 10.5 Å². The molecule has 1 amide bonds. The molecule has 0 spiro atoms. The third-order valence-corrected chi connectivity index (χ3v) is 4.49. The number of aromatic carboxylic acids is 1. The van der Waals surface area contributed by atoms with Gasteiger partial charge in [0.1, 0.15) is 0 Å². The van der Waals surface area contributed by atoms with Gasteiger partial charge in [-0.25, -0.2) is 4.79 Å². The monoisotopic (exact) mass is 353 g/mol. The first kappa shape index (κ1) is 16.4. The van der Waals surface area contributed by atoms with Crippen LogP contribution in [0.3, 0.4) is 0 Å². The molecule has 0 radical (unpaired) electrons. The Morgan fingerprint density at radius 1 is 1.32 bits per heavy atom. The summed E-state index contributed by atoms with van der Waals surface area (Å²) >= 11 is 1.47. The van der Waals surface area contributed by atoms with E-state index >= 15 is 0 Å². The SMILES string of the molecule is Cc1ccsc1-c1cc(C(=O)Nc2ccc(C#N)cc2C(=O)O)no1. The smallest absolute Gasteiger partial charge is 0.337 e. The first-order valence-electron chi connectivity index (χ1n) is 7.09. The zero-order valence-corrected chi connectivity index (χ0v) is 13.8. The average Bonchev–Trinajstić information content (AvgIpc) is 3.23. The minimum atomic E-state index is -1.25. The van der Waals surface area contributed by atoms with Gasteiger partial charge in [0, 0.05) is 6.07 Å². The predicted octanol–water partition coefficient (Wildman–Crippen LogP) is 3.53. The lowest BCUT2D eigenvalue weighted by Crippen LogP contribution is -2.15. The molecule has 2 aromatic heterocycles. The number of aromatic nitrogens is 1. The van der Waals surface area contributed by atoms with Crippen molar-refractivity contribution < 1.29 is 19.2 Å².